The van der Waals surface area contributed by atoms with Crippen molar-refractivity contribution >= 4 is 63.5 Å². The highest BCUT2D eigenvalue weighted by Gasteiger charge is 2.54. The van der Waals surface area contributed by atoms with Gasteiger partial charge < -0.3 is 21.0 Å². The number of unbranched alkanes of at least 4 members (excludes halogenated alkanes) is 3. The standard InChI is InChI=1S/C21H27N9O5S3/c1-3-4-5-6-7-29-21(25-27-28-29)38-9-11-8-36-18-14(17(32)30(18)15(11)19(33)34)24-16(31)13(26-35-2)12-10-37-20(22)23-12/h10,14,18H,3-9H2,1-2H3,(H2,22,23)(H,24,31)(H,33,34)/t14?,18-/m1/s1. The molecule has 2 aliphatic rings. The number of nitrogen functional groups attached to an aromatic ring is 1. The monoisotopic (exact) mass is 581 g/mol. The first kappa shape index (κ1) is 27.8. The fourth-order valence-corrected chi connectivity index (χ4v) is 6.91. The number of carboxylic acid groups (broad SMARTS) is 1. The molecule has 1 fully saturated rings. The van der Waals surface area contributed by atoms with Crippen LogP contribution in [-0.4, -0.2) is 88.7 Å². The van der Waals surface area contributed by atoms with E-state index in [2.05, 4.69) is 37.9 Å². The van der Waals surface area contributed by atoms with Gasteiger partial charge in [0, 0.05) is 23.4 Å². The van der Waals surface area contributed by atoms with Crippen LogP contribution >= 0.6 is 34.9 Å². The maximum Gasteiger partial charge on any atom is 0.352 e. The van der Waals surface area contributed by atoms with E-state index >= 15 is 0 Å². The van der Waals surface area contributed by atoms with Gasteiger partial charge in [-0.15, -0.1) is 28.2 Å². The number of carbonyl (C=O) groups excluding carboxylic acids is 2. The lowest BCUT2D eigenvalue weighted by atomic mass is 10.0. The van der Waals surface area contributed by atoms with Gasteiger partial charge in [-0.25, -0.2) is 14.5 Å². The van der Waals surface area contributed by atoms with Crippen LogP contribution in [0.4, 0.5) is 5.13 Å². The Kier molecular flexibility index (Phi) is 9.22. The van der Waals surface area contributed by atoms with Crippen molar-refractivity contribution < 1.29 is 24.3 Å². The SMILES string of the molecule is CCCCCCn1nnnc1SCC1=C(C(=O)O)N2C(=O)C(NC(=O)C(=NOC)c3csc(N)n3)[C@H]2SC1. The molecule has 4 rings (SSSR count). The molecule has 1 unspecified atom stereocenters. The smallest absolute Gasteiger partial charge is 0.352 e. The molecule has 1 saturated heterocycles. The summed E-state index contributed by atoms with van der Waals surface area (Å²) < 4.78 is 1.72. The molecule has 2 amide bonds. The van der Waals surface area contributed by atoms with Gasteiger partial charge in [-0.1, -0.05) is 43.1 Å². The number of nitrogens with two attached hydrogens (primary N) is 1. The van der Waals surface area contributed by atoms with Crippen molar-refractivity contribution in [2.24, 2.45) is 5.16 Å². The second-order valence-corrected chi connectivity index (χ2v) is 11.3. The normalized spacial score (nSPS) is 19.3. The van der Waals surface area contributed by atoms with Gasteiger partial charge in [0.25, 0.3) is 11.8 Å². The average Bonchev–Trinajstić information content (AvgIpc) is 3.54. The third-order valence-electron chi connectivity index (χ3n) is 5.80. The lowest BCUT2D eigenvalue weighted by Gasteiger charge is -2.49. The number of tetrazole rings is 1. The van der Waals surface area contributed by atoms with E-state index in [1.54, 1.807) is 10.1 Å². The Balaban J connectivity index is 1.43. The molecule has 2 atom stereocenters. The predicted octanol–water partition coefficient (Wildman–Crippen LogP) is 1.17. The third-order valence-corrected chi connectivity index (χ3v) is 8.85. The van der Waals surface area contributed by atoms with Crippen LogP contribution in [0.3, 0.4) is 0 Å². The molecule has 2 aliphatic heterocycles. The number of nitrogens with zero attached hydrogens (tertiary/aromatic N) is 7. The summed E-state index contributed by atoms with van der Waals surface area (Å²) in [6, 6.07) is -0.926. The topological polar surface area (TPSA) is 191 Å². The zero-order chi connectivity index (χ0) is 27.2. The minimum absolute atomic E-state index is 0.0724. The number of aromatic nitrogens is 5. The van der Waals surface area contributed by atoms with Gasteiger partial charge in [0.05, 0.1) is 0 Å². The fourth-order valence-electron chi connectivity index (χ4n) is 3.98. The second-order valence-electron chi connectivity index (χ2n) is 8.35. The minimum Gasteiger partial charge on any atom is -0.477 e. The Morgan fingerprint density at radius 3 is 2.87 bits per heavy atom. The molecule has 204 valence electrons. The summed E-state index contributed by atoms with van der Waals surface area (Å²) >= 11 is 3.84. The van der Waals surface area contributed by atoms with E-state index in [9.17, 15) is 19.5 Å². The summed E-state index contributed by atoms with van der Waals surface area (Å²) in [7, 11) is 1.28. The summed E-state index contributed by atoms with van der Waals surface area (Å²) in [6.07, 6.45) is 4.31. The summed E-state index contributed by atoms with van der Waals surface area (Å²) in [6.45, 7) is 2.83. The van der Waals surface area contributed by atoms with Crippen LogP contribution < -0.4 is 11.1 Å². The van der Waals surface area contributed by atoms with Crippen LogP contribution in [0.2, 0.25) is 0 Å². The number of hydrogen-bond acceptors (Lipinski definition) is 13. The summed E-state index contributed by atoms with van der Waals surface area (Å²) in [5.41, 5.74) is 6.25. The van der Waals surface area contributed by atoms with Crippen molar-refractivity contribution in [2.45, 2.75) is 55.7 Å². The number of fused-ring (bicyclic) bond motifs is 1. The highest BCUT2D eigenvalue weighted by Crippen LogP contribution is 2.41. The number of amides is 2. The summed E-state index contributed by atoms with van der Waals surface area (Å²) in [5.74, 6) is -1.72. The molecule has 38 heavy (non-hydrogen) atoms. The van der Waals surface area contributed by atoms with Crippen LogP contribution in [0.15, 0.2) is 27.0 Å². The number of carboxylic acids is 1. The number of rotatable bonds is 13. The van der Waals surface area contributed by atoms with E-state index in [4.69, 9.17) is 10.6 Å². The summed E-state index contributed by atoms with van der Waals surface area (Å²) in [4.78, 5) is 48.1. The van der Waals surface area contributed by atoms with E-state index in [-0.39, 0.29) is 22.2 Å². The Bertz CT molecular complexity index is 1260. The Labute approximate surface area is 230 Å². The van der Waals surface area contributed by atoms with Crippen molar-refractivity contribution in [1.29, 1.82) is 0 Å². The zero-order valence-electron chi connectivity index (χ0n) is 20.7. The number of aryl methyl sites for hydroxylation is 1. The van der Waals surface area contributed by atoms with E-state index in [0.717, 1.165) is 37.0 Å². The maximum atomic E-state index is 13.0. The molecule has 0 aromatic carbocycles. The molecule has 0 aliphatic carbocycles. The van der Waals surface area contributed by atoms with E-state index in [0.29, 0.717) is 28.8 Å². The average molecular weight is 582 g/mol. The molecule has 17 heteroatoms. The Morgan fingerprint density at radius 2 is 2.18 bits per heavy atom. The predicted molar refractivity (Wildman–Crippen MR) is 142 cm³/mol. The quantitative estimate of drug-likeness (QED) is 0.101. The number of thiazole rings is 1. The zero-order valence-corrected chi connectivity index (χ0v) is 23.1. The van der Waals surface area contributed by atoms with Crippen molar-refractivity contribution in [1.82, 2.24) is 35.4 Å². The molecule has 2 aromatic heterocycles. The van der Waals surface area contributed by atoms with E-state index in [1.165, 1.54) is 35.5 Å². The highest BCUT2D eigenvalue weighted by atomic mass is 32.2. The largest absolute Gasteiger partial charge is 0.477 e. The van der Waals surface area contributed by atoms with Gasteiger partial charge in [0.15, 0.2) is 10.8 Å². The van der Waals surface area contributed by atoms with Crippen LogP contribution in [0, 0.1) is 0 Å². The van der Waals surface area contributed by atoms with Gasteiger partial charge in [0.2, 0.25) is 5.16 Å². The molecular formula is C21H27N9O5S3. The second kappa shape index (κ2) is 12.6. The van der Waals surface area contributed by atoms with Gasteiger partial charge >= 0.3 is 5.97 Å². The Morgan fingerprint density at radius 1 is 1.37 bits per heavy atom. The van der Waals surface area contributed by atoms with Gasteiger partial charge in [-0.3, -0.25) is 14.5 Å². The number of anilines is 1. The number of β-lactam (4-membered cyclic amide) rings is 1. The number of thioether (sulfide) groups is 2. The van der Waals surface area contributed by atoms with Crippen LogP contribution in [0.1, 0.15) is 38.3 Å². The molecule has 0 spiro atoms. The van der Waals surface area contributed by atoms with E-state index < -0.39 is 29.2 Å². The first-order valence-electron chi connectivity index (χ1n) is 11.8. The van der Waals surface area contributed by atoms with Crippen LogP contribution in [0.5, 0.6) is 0 Å². The number of carbonyl (C=O) groups is 3. The molecule has 4 heterocycles. The third kappa shape index (κ3) is 5.94. The summed E-state index contributed by atoms with van der Waals surface area (Å²) in [5, 5.41) is 30.0. The van der Waals surface area contributed by atoms with E-state index in [1.807, 2.05) is 0 Å². The molecule has 14 nitrogen and oxygen atoms in total. The molecule has 0 radical (unpaired) electrons. The van der Waals surface area contributed by atoms with Crippen LogP contribution in [-0.2, 0) is 25.8 Å². The number of oxime groups is 1. The maximum absolute atomic E-state index is 13.0. The minimum atomic E-state index is -1.21. The first-order valence-corrected chi connectivity index (χ1v) is 14.7. The van der Waals surface area contributed by atoms with Crippen molar-refractivity contribution in [3.8, 4) is 0 Å². The van der Waals surface area contributed by atoms with Crippen molar-refractivity contribution in [3.63, 3.8) is 0 Å². The molecular weight excluding hydrogens is 554 g/mol. The van der Waals surface area contributed by atoms with Crippen molar-refractivity contribution in [2.75, 3.05) is 24.3 Å². The first-order chi connectivity index (χ1) is 18.3. The van der Waals surface area contributed by atoms with Crippen molar-refractivity contribution in [3.05, 3.63) is 22.3 Å². The van der Waals surface area contributed by atoms with Gasteiger partial charge in [-0.2, -0.15) is 0 Å². The molecule has 4 N–H and O–H groups in total. The van der Waals surface area contributed by atoms with Gasteiger partial charge in [0.1, 0.15) is 29.9 Å². The molecule has 0 bridgehead atoms. The van der Waals surface area contributed by atoms with Gasteiger partial charge in [-0.05, 0) is 22.4 Å². The lowest BCUT2D eigenvalue weighted by molar-refractivity contribution is -0.150. The lowest BCUT2D eigenvalue weighted by Crippen LogP contribution is -2.71. The van der Waals surface area contributed by atoms with Crippen LogP contribution in [0.25, 0.3) is 0 Å². The number of hydrogen-bond donors (Lipinski definition) is 3. The molecule has 0 saturated carbocycles. The number of aliphatic carboxylic acids is 1. The number of nitrogens with one attached hydrogen (secondary N) is 1. The highest BCUT2D eigenvalue weighted by molar-refractivity contribution is 8.01. The molecule has 2 aromatic rings. The Hall–Kier alpha value is -3.18. The fraction of sp³-hybridized carbons (Fsp3) is 0.524.